The van der Waals surface area contributed by atoms with Gasteiger partial charge in [0.05, 0.1) is 11.9 Å². The summed E-state index contributed by atoms with van der Waals surface area (Å²) in [5.41, 5.74) is 5.72. The molecular formula is C9H18N2O. The predicted molar refractivity (Wildman–Crippen MR) is 50.3 cm³/mol. The summed E-state index contributed by atoms with van der Waals surface area (Å²) in [4.78, 5) is 4.26. The normalized spacial score (nSPS) is 25.2. The molecule has 0 amide bonds. The third kappa shape index (κ3) is 3.22. The minimum atomic E-state index is 0.298. The highest BCUT2D eigenvalue weighted by atomic mass is 16.5. The molecule has 1 saturated heterocycles. The molecule has 0 aromatic rings. The van der Waals surface area contributed by atoms with Crippen molar-refractivity contribution in [1.82, 2.24) is 0 Å². The van der Waals surface area contributed by atoms with Crippen LogP contribution in [-0.4, -0.2) is 24.6 Å². The molecule has 2 N–H and O–H groups in total. The fourth-order valence-electron chi connectivity index (χ4n) is 1.42. The van der Waals surface area contributed by atoms with E-state index in [1.807, 2.05) is 13.8 Å². The number of amidine groups is 1. The van der Waals surface area contributed by atoms with Crippen molar-refractivity contribution in [3.8, 4) is 0 Å². The first-order valence-corrected chi connectivity index (χ1v) is 4.62. The van der Waals surface area contributed by atoms with Crippen molar-refractivity contribution in [2.24, 2.45) is 10.7 Å². The molecule has 0 aliphatic carbocycles. The Hall–Kier alpha value is -0.570. The average Bonchev–Trinajstić information content (AvgIpc) is 2.37. The van der Waals surface area contributed by atoms with Crippen LogP contribution in [0.1, 0.15) is 33.1 Å². The fraction of sp³-hybridized carbons (Fsp3) is 0.889. The number of hydrogen-bond donors (Lipinski definition) is 1. The number of nitrogens with two attached hydrogens (primary N) is 1. The molecule has 3 heteroatoms. The third-order valence-electron chi connectivity index (χ3n) is 1.88. The van der Waals surface area contributed by atoms with Crippen molar-refractivity contribution < 1.29 is 4.74 Å². The third-order valence-corrected chi connectivity index (χ3v) is 1.88. The molecule has 0 spiro atoms. The quantitative estimate of drug-likeness (QED) is 0.513. The van der Waals surface area contributed by atoms with Crippen LogP contribution in [0.5, 0.6) is 0 Å². The Morgan fingerprint density at radius 2 is 2.42 bits per heavy atom. The van der Waals surface area contributed by atoms with Crippen molar-refractivity contribution >= 4 is 5.84 Å². The van der Waals surface area contributed by atoms with Crippen molar-refractivity contribution in [2.75, 3.05) is 6.61 Å². The van der Waals surface area contributed by atoms with E-state index in [2.05, 4.69) is 4.99 Å². The second-order valence-electron chi connectivity index (χ2n) is 3.55. The van der Waals surface area contributed by atoms with E-state index in [1.165, 1.54) is 6.42 Å². The van der Waals surface area contributed by atoms with E-state index in [0.29, 0.717) is 12.1 Å². The van der Waals surface area contributed by atoms with E-state index >= 15 is 0 Å². The summed E-state index contributed by atoms with van der Waals surface area (Å²) in [6, 6.07) is 0.298. The number of ether oxygens (including phenoxy) is 1. The summed E-state index contributed by atoms with van der Waals surface area (Å²) in [5.74, 6) is 0.733. The first-order chi connectivity index (χ1) is 5.68. The summed E-state index contributed by atoms with van der Waals surface area (Å²) < 4.78 is 5.44. The van der Waals surface area contributed by atoms with E-state index in [1.54, 1.807) is 0 Å². The molecule has 1 aliphatic heterocycles. The van der Waals surface area contributed by atoms with E-state index < -0.39 is 0 Å². The van der Waals surface area contributed by atoms with Crippen molar-refractivity contribution in [3.05, 3.63) is 0 Å². The van der Waals surface area contributed by atoms with Crippen LogP contribution in [0.2, 0.25) is 0 Å². The van der Waals surface area contributed by atoms with Gasteiger partial charge in [-0.05, 0) is 26.7 Å². The Balaban J connectivity index is 2.29. The topological polar surface area (TPSA) is 47.6 Å². The minimum Gasteiger partial charge on any atom is -0.387 e. The van der Waals surface area contributed by atoms with Crippen LogP contribution >= 0.6 is 0 Å². The lowest BCUT2D eigenvalue weighted by molar-refractivity contribution is 0.116. The lowest BCUT2D eigenvalue weighted by Crippen LogP contribution is -2.21. The zero-order valence-electron chi connectivity index (χ0n) is 7.92. The van der Waals surface area contributed by atoms with Crippen molar-refractivity contribution in [3.63, 3.8) is 0 Å². The molecule has 1 heterocycles. The smallest absolute Gasteiger partial charge is 0.0966 e. The van der Waals surface area contributed by atoms with Gasteiger partial charge in [-0.25, -0.2) is 0 Å². The zero-order chi connectivity index (χ0) is 8.97. The Labute approximate surface area is 74.0 Å². The van der Waals surface area contributed by atoms with Crippen LogP contribution in [0.4, 0.5) is 0 Å². The summed E-state index contributed by atoms with van der Waals surface area (Å²) >= 11 is 0. The fourth-order valence-corrected chi connectivity index (χ4v) is 1.42. The van der Waals surface area contributed by atoms with Gasteiger partial charge in [0.1, 0.15) is 0 Å². The number of hydrogen-bond acceptors (Lipinski definition) is 2. The molecule has 1 atom stereocenters. The van der Waals surface area contributed by atoms with Crippen molar-refractivity contribution in [2.45, 2.75) is 45.3 Å². The summed E-state index contributed by atoms with van der Waals surface area (Å²) in [5, 5.41) is 0. The Morgan fingerprint density at radius 3 is 2.92 bits per heavy atom. The van der Waals surface area contributed by atoms with Gasteiger partial charge in [0, 0.05) is 19.1 Å². The maximum absolute atomic E-state index is 5.72. The van der Waals surface area contributed by atoms with Gasteiger partial charge in [-0.3, -0.25) is 4.99 Å². The molecule has 0 radical (unpaired) electrons. The van der Waals surface area contributed by atoms with Crippen LogP contribution in [0.3, 0.4) is 0 Å². The van der Waals surface area contributed by atoms with E-state index in [9.17, 15) is 0 Å². The van der Waals surface area contributed by atoms with Crippen LogP contribution in [0, 0.1) is 0 Å². The molecule has 0 saturated carbocycles. The first kappa shape index (κ1) is 9.52. The lowest BCUT2D eigenvalue weighted by atomic mass is 10.2. The van der Waals surface area contributed by atoms with E-state index in [-0.39, 0.29) is 0 Å². The standard InChI is InChI=1S/C9H18N2O/c1-7(2)11-9(10)6-8-4-3-5-12-8/h7-8H,3-6H2,1-2H3,(H2,10,11). The Kier molecular flexibility index (Phi) is 3.53. The van der Waals surface area contributed by atoms with Crippen molar-refractivity contribution in [1.29, 1.82) is 0 Å². The summed E-state index contributed by atoms with van der Waals surface area (Å²) in [6.45, 7) is 4.95. The molecule has 0 aromatic heterocycles. The van der Waals surface area contributed by atoms with Gasteiger partial charge < -0.3 is 10.5 Å². The monoisotopic (exact) mass is 170 g/mol. The van der Waals surface area contributed by atoms with Crippen LogP contribution < -0.4 is 5.73 Å². The van der Waals surface area contributed by atoms with Gasteiger partial charge in [-0.15, -0.1) is 0 Å². The van der Waals surface area contributed by atoms with Crippen LogP contribution in [0.25, 0.3) is 0 Å². The number of aliphatic imine (C=N–C) groups is 1. The van der Waals surface area contributed by atoms with Gasteiger partial charge in [0.15, 0.2) is 0 Å². The highest BCUT2D eigenvalue weighted by Crippen LogP contribution is 2.14. The van der Waals surface area contributed by atoms with Gasteiger partial charge in [0.25, 0.3) is 0 Å². The highest BCUT2D eigenvalue weighted by molar-refractivity contribution is 5.80. The number of nitrogens with zero attached hydrogens (tertiary/aromatic N) is 1. The molecule has 1 aliphatic rings. The molecule has 0 bridgehead atoms. The van der Waals surface area contributed by atoms with Crippen LogP contribution in [-0.2, 0) is 4.74 Å². The molecule has 1 rings (SSSR count). The predicted octanol–water partition coefficient (Wildman–Crippen LogP) is 1.32. The number of rotatable bonds is 3. The maximum Gasteiger partial charge on any atom is 0.0966 e. The van der Waals surface area contributed by atoms with Gasteiger partial charge in [-0.1, -0.05) is 0 Å². The molecule has 1 unspecified atom stereocenters. The highest BCUT2D eigenvalue weighted by Gasteiger charge is 2.16. The second kappa shape index (κ2) is 4.45. The lowest BCUT2D eigenvalue weighted by Gasteiger charge is -2.08. The molecule has 3 nitrogen and oxygen atoms in total. The first-order valence-electron chi connectivity index (χ1n) is 4.62. The zero-order valence-corrected chi connectivity index (χ0v) is 7.92. The molecule has 12 heavy (non-hydrogen) atoms. The van der Waals surface area contributed by atoms with E-state index in [0.717, 1.165) is 25.3 Å². The van der Waals surface area contributed by atoms with Gasteiger partial charge >= 0.3 is 0 Å². The van der Waals surface area contributed by atoms with Gasteiger partial charge in [-0.2, -0.15) is 0 Å². The average molecular weight is 170 g/mol. The Morgan fingerprint density at radius 1 is 1.67 bits per heavy atom. The minimum absolute atomic E-state index is 0.298. The second-order valence-corrected chi connectivity index (χ2v) is 3.55. The molecule has 0 aromatic carbocycles. The summed E-state index contributed by atoms with van der Waals surface area (Å²) in [7, 11) is 0. The van der Waals surface area contributed by atoms with Crippen LogP contribution in [0.15, 0.2) is 4.99 Å². The van der Waals surface area contributed by atoms with E-state index in [4.69, 9.17) is 10.5 Å². The van der Waals surface area contributed by atoms with Gasteiger partial charge in [0.2, 0.25) is 0 Å². The Bertz CT molecular complexity index is 160. The molecule has 70 valence electrons. The summed E-state index contributed by atoms with van der Waals surface area (Å²) in [6.07, 6.45) is 3.43. The largest absolute Gasteiger partial charge is 0.387 e. The molecular weight excluding hydrogens is 152 g/mol. The SMILES string of the molecule is CC(C)N=C(N)CC1CCCO1. The molecule has 1 fully saturated rings. The maximum atomic E-state index is 5.72.